The van der Waals surface area contributed by atoms with Crippen LogP contribution in [0, 0.1) is 18.4 Å². The number of nitrogens with zero attached hydrogens (tertiary/aromatic N) is 1. The fourth-order valence-corrected chi connectivity index (χ4v) is 1.24. The minimum Gasteiger partial charge on any atom is -0.256 e. The van der Waals surface area contributed by atoms with Gasteiger partial charge in [0.15, 0.2) is 0 Å². The second-order valence-corrected chi connectivity index (χ2v) is 2.86. The van der Waals surface area contributed by atoms with Gasteiger partial charge in [0.05, 0.1) is 5.69 Å². The zero-order valence-corrected chi connectivity index (χ0v) is 7.57. The first-order valence-electron chi connectivity index (χ1n) is 4.30. The highest BCUT2D eigenvalue weighted by atomic mass is 14.7. The molecule has 1 radical (unpaired) electrons. The van der Waals surface area contributed by atoms with Crippen LogP contribution in [0.3, 0.4) is 0 Å². The molecule has 0 spiro atoms. The van der Waals surface area contributed by atoms with Crippen LogP contribution in [-0.4, -0.2) is 4.98 Å². The lowest BCUT2D eigenvalue weighted by atomic mass is 10.1. The Balaban J connectivity index is 2.49. The third kappa shape index (κ3) is 1.65. The van der Waals surface area contributed by atoms with Crippen molar-refractivity contribution in [3.05, 3.63) is 54.2 Å². The van der Waals surface area contributed by atoms with Crippen LogP contribution in [0.15, 0.2) is 42.6 Å². The number of rotatable bonds is 1. The van der Waals surface area contributed by atoms with Crippen molar-refractivity contribution in [1.29, 1.82) is 0 Å². The Hall–Kier alpha value is -2.07. The molecule has 2 rings (SSSR count). The van der Waals surface area contributed by atoms with E-state index in [1.54, 1.807) is 6.20 Å². The number of hydrogen-bond donors (Lipinski definition) is 0. The molecular formula is C13H8N. The molecular weight excluding hydrogens is 170 g/mol. The molecule has 0 N–H and O–H groups in total. The second kappa shape index (κ2) is 3.76. The Bertz CT molecular complexity index is 466. The van der Waals surface area contributed by atoms with E-state index in [4.69, 9.17) is 6.42 Å². The molecule has 0 saturated heterocycles. The summed E-state index contributed by atoms with van der Waals surface area (Å²) in [5, 5.41) is 0. The fourth-order valence-electron chi connectivity index (χ4n) is 1.24. The second-order valence-electron chi connectivity index (χ2n) is 2.86. The summed E-state index contributed by atoms with van der Waals surface area (Å²) in [7, 11) is 0. The summed E-state index contributed by atoms with van der Waals surface area (Å²) in [4.78, 5) is 4.20. The van der Waals surface area contributed by atoms with Crippen molar-refractivity contribution < 1.29 is 0 Å². The highest BCUT2D eigenvalue weighted by Crippen LogP contribution is 2.16. The molecule has 0 aliphatic heterocycles. The van der Waals surface area contributed by atoms with E-state index in [2.05, 4.69) is 17.0 Å². The highest BCUT2D eigenvalue weighted by molar-refractivity contribution is 5.60. The lowest BCUT2D eigenvalue weighted by Crippen LogP contribution is -1.83. The van der Waals surface area contributed by atoms with E-state index in [1.165, 1.54) is 0 Å². The van der Waals surface area contributed by atoms with E-state index in [1.807, 2.05) is 36.4 Å². The fraction of sp³-hybridized carbons (Fsp3) is 0. The van der Waals surface area contributed by atoms with Gasteiger partial charge in [0.25, 0.3) is 0 Å². The molecule has 1 aromatic carbocycles. The number of benzene rings is 1. The highest BCUT2D eigenvalue weighted by Gasteiger charge is 1.97. The number of terminal acetylenes is 1. The Kier molecular flexibility index (Phi) is 2.29. The molecule has 0 atom stereocenters. The first-order chi connectivity index (χ1) is 6.90. The van der Waals surface area contributed by atoms with E-state index in [-0.39, 0.29) is 0 Å². The molecule has 0 aliphatic carbocycles. The topological polar surface area (TPSA) is 12.9 Å². The van der Waals surface area contributed by atoms with Gasteiger partial charge < -0.3 is 0 Å². The summed E-state index contributed by atoms with van der Waals surface area (Å²) in [5.41, 5.74) is 2.69. The molecule has 2 aromatic rings. The van der Waals surface area contributed by atoms with Gasteiger partial charge in [-0.15, -0.1) is 6.42 Å². The smallest absolute Gasteiger partial charge is 0.0781 e. The quantitative estimate of drug-likeness (QED) is 0.611. The van der Waals surface area contributed by atoms with E-state index >= 15 is 0 Å². The third-order valence-corrected chi connectivity index (χ3v) is 1.91. The Morgan fingerprint density at radius 2 is 2.21 bits per heavy atom. The van der Waals surface area contributed by atoms with Crippen molar-refractivity contribution in [1.82, 2.24) is 4.98 Å². The number of pyridine rings is 1. The van der Waals surface area contributed by atoms with Gasteiger partial charge in [0.1, 0.15) is 0 Å². The Morgan fingerprint density at radius 1 is 1.29 bits per heavy atom. The third-order valence-electron chi connectivity index (χ3n) is 1.91. The van der Waals surface area contributed by atoms with Crippen LogP contribution in [0.1, 0.15) is 5.56 Å². The van der Waals surface area contributed by atoms with E-state index in [0.717, 1.165) is 16.8 Å². The van der Waals surface area contributed by atoms with Crippen LogP contribution in [0.25, 0.3) is 11.3 Å². The number of aromatic nitrogens is 1. The molecule has 0 unspecified atom stereocenters. The summed E-state index contributed by atoms with van der Waals surface area (Å²) in [6, 6.07) is 14.5. The molecule has 0 fully saturated rings. The van der Waals surface area contributed by atoms with Gasteiger partial charge >= 0.3 is 0 Å². The molecule has 0 bridgehead atoms. The maximum Gasteiger partial charge on any atom is 0.0781 e. The van der Waals surface area contributed by atoms with Crippen LogP contribution in [0.4, 0.5) is 0 Å². The first-order valence-corrected chi connectivity index (χ1v) is 4.30. The van der Waals surface area contributed by atoms with E-state index in [0.29, 0.717) is 0 Å². The van der Waals surface area contributed by atoms with Gasteiger partial charge in [-0.3, -0.25) is 4.98 Å². The van der Waals surface area contributed by atoms with E-state index < -0.39 is 0 Å². The predicted molar refractivity (Wildman–Crippen MR) is 56.4 cm³/mol. The van der Waals surface area contributed by atoms with Gasteiger partial charge in [-0.2, -0.15) is 0 Å². The van der Waals surface area contributed by atoms with Crippen molar-refractivity contribution in [3.63, 3.8) is 0 Å². The standard InChI is InChI=1S/C13H8N/c1-2-11-6-5-7-12(10-11)13-8-3-4-9-14-13/h1,3-7,9-10H. The Morgan fingerprint density at radius 3 is 2.93 bits per heavy atom. The van der Waals surface area contributed by atoms with Crippen molar-refractivity contribution in [2.24, 2.45) is 0 Å². The summed E-state index contributed by atoms with van der Waals surface area (Å²) in [6.45, 7) is 0. The van der Waals surface area contributed by atoms with Gasteiger partial charge in [-0.05, 0) is 18.2 Å². The van der Waals surface area contributed by atoms with E-state index in [9.17, 15) is 0 Å². The van der Waals surface area contributed by atoms with Crippen LogP contribution >= 0.6 is 0 Å². The molecule has 1 heterocycles. The lowest BCUT2D eigenvalue weighted by molar-refractivity contribution is 1.32. The van der Waals surface area contributed by atoms with Gasteiger partial charge in [0, 0.05) is 23.4 Å². The number of hydrogen-bond acceptors (Lipinski definition) is 1. The molecule has 0 saturated carbocycles. The summed E-state index contributed by atoms with van der Waals surface area (Å²) in [6.07, 6.45) is 7.06. The van der Waals surface area contributed by atoms with Gasteiger partial charge in [-0.1, -0.05) is 24.1 Å². The summed E-state index contributed by atoms with van der Waals surface area (Å²) < 4.78 is 0. The minimum absolute atomic E-state index is 0.824. The first kappa shape index (κ1) is 8.52. The summed E-state index contributed by atoms with van der Waals surface area (Å²) in [5.74, 6) is 2.60. The monoisotopic (exact) mass is 178 g/mol. The molecule has 1 nitrogen and oxygen atoms in total. The van der Waals surface area contributed by atoms with Crippen LogP contribution in [0.5, 0.6) is 0 Å². The van der Waals surface area contributed by atoms with Crippen molar-refractivity contribution in [2.45, 2.75) is 0 Å². The maximum atomic E-state index is 5.32. The van der Waals surface area contributed by atoms with Crippen LogP contribution in [0.2, 0.25) is 0 Å². The summed E-state index contributed by atoms with van der Waals surface area (Å²) >= 11 is 0. The van der Waals surface area contributed by atoms with Crippen LogP contribution < -0.4 is 0 Å². The zero-order chi connectivity index (χ0) is 9.80. The normalized spacial score (nSPS) is 9.36. The molecule has 1 aromatic heterocycles. The van der Waals surface area contributed by atoms with Crippen molar-refractivity contribution >= 4 is 0 Å². The predicted octanol–water partition coefficient (Wildman–Crippen LogP) is 2.53. The zero-order valence-electron chi connectivity index (χ0n) is 7.57. The molecule has 0 aliphatic rings. The van der Waals surface area contributed by atoms with Gasteiger partial charge in [0.2, 0.25) is 0 Å². The Labute approximate surface area is 83.4 Å². The SMILES string of the molecule is C#Cc1cccc(-c2[c]cccn2)c1. The van der Waals surface area contributed by atoms with Crippen LogP contribution in [-0.2, 0) is 0 Å². The minimum atomic E-state index is 0.824. The molecule has 0 amide bonds. The van der Waals surface area contributed by atoms with Crippen molar-refractivity contribution in [2.75, 3.05) is 0 Å². The molecule has 1 heteroatoms. The lowest BCUT2D eigenvalue weighted by Gasteiger charge is -1.99. The van der Waals surface area contributed by atoms with Crippen molar-refractivity contribution in [3.8, 4) is 23.6 Å². The molecule has 14 heavy (non-hydrogen) atoms. The van der Waals surface area contributed by atoms with Gasteiger partial charge in [-0.25, -0.2) is 0 Å². The average Bonchev–Trinajstić information content (AvgIpc) is 2.30. The molecule has 65 valence electrons. The largest absolute Gasteiger partial charge is 0.256 e. The maximum absolute atomic E-state index is 5.32. The average molecular weight is 178 g/mol.